The first-order valence-corrected chi connectivity index (χ1v) is 9.60. The van der Waals surface area contributed by atoms with E-state index >= 15 is 0 Å². The molecule has 0 saturated heterocycles. The number of fused-ring (bicyclic) bond motifs is 3. The van der Waals surface area contributed by atoms with Crippen LogP contribution in [0.15, 0.2) is 0 Å². The molecule has 0 spiro atoms. The van der Waals surface area contributed by atoms with Crippen LogP contribution in [0, 0.1) is 40.9 Å². The van der Waals surface area contributed by atoms with Gasteiger partial charge in [-0.1, -0.05) is 20.8 Å². The molecule has 0 radical (unpaired) electrons. The molecule has 1 nitrogen and oxygen atoms in total. The Morgan fingerprint density at radius 1 is 0.952 bits per heavy atom. The number of rotatable bonds is 3. The molecule has 1 heteroatoms. The van der Waals surface area contributed by atoms with E-state index in [0.29, 0.717) is 5.41 Å². The van der Waals surface area contributed by atoms with Crippen molar-refractivity contribution in [1.29, 1.82) is 0 Å². The highest BCUT2D eigenvalue weighted by Crippen LogP contribution is 2.57. The maximum atomic E-state index is 5.70. The molecule has 0 heterocycles. The molecule has 3 aliphatic carbocycles. The molecule has 3 saturated carbocycles. The van der Waals surface area contributed by atoms with Gasteiger partial charge in [0.15, 0.2) is 0 Å². The molecule has 0 bridgehead atoms. The maximum absolute atomic E-state index is 5.70. The normalized spacial score (nSPS) is 45.7. The third-order valence-electron chi connectivity index (χ3n) is 7.68. The lowest BCUT2D eigenvalue weighted by molar-refractivity contribution is -0.0623. The summed E-state index contributed by atoms with van der Waals surface area (Å²) in [5.41, 5.74) is 0.584. The summed E-state index contributed by atoms with van der Waals surface area (Å²) >= 11 is 0. The Morgan fingerprint density at radius 2 is 1.71 bits per heavy atom. The summed E-state index contributed by atoms with van der Waals surface area (Å²) in [4.78, 5) is 0. The van der Waals surface area contributed by atoms with Crippen LogP contribution in [0.25, 0.3) is 0 Å². The number of hydrogen-bond acceptors (Lipinski definition) is 1. The van der Waals surface area contributed by atoms with Crippen molar-refractivity contribution in [2.24, 2.45) is 40.9 Å². The van der Waals surface area contributed by atoms with Gasteiger partial charge in [-0.25, -0.2) is 0 Å². The summed E-state index contributed by atoms with van der Waals surface area (Å²) in [6.07, 6.45) is 10.4. The number of ether oxygens (including phenoxy) is 1. The van der Waals surface area contributed by atoms with E-state index in [1.807, 2.05) is 0 Å². The third-order valence-corrected chi connectivity index (χ3v) is 7.68. The van der Waals surface area contributed by atoms with Gasteiger partial charge in [0, 0.05) is 13.2 Å². The highest BCUT2D eigenvalue weighted by atomic mass is 16.5. The van der Waals surface area contributed by atoms with Gasteiger partial charge in [-0.3, -0.25) is 0 Å². The van der Waals surface area contributed by atoms with Crippen molar-refractivity contribution in [1.82, 2.24) is 0 Å². The van der Waals surface area contributed by atoms with Crippen molar-refractivity contribution in [2.75, 3.05) is 13.2 Å². The molecule has 0 N–H and O–H groups in total. The minimum Gasteiger partial charge on any atom is -0.381 e. The predicted octanol–water partition coefficient (Wildman–Crippen LogP) is 5.54. The van der Waals surface area contributed by atoms with Crippen molar-refractivity contribution >= 4 is 0 Å². The number of hydrogen-bond donors (Lipinski definition) is 0. The minimum absolute atomic E-state index is 0.584. The molecular formula is C20H36O. The molecule has 6 unspecified atom stereocenters. The first-order chi connectivity index (χ1) is 10.0. The molecule has 3 rings (SSSR count). The Balaban J connectivity index is 1.63. The molecule has 0 aromatic heterocycles. The second kappa shape index (κ2) is 6.22. The van der Waals surface area contributed by atoms with Crippen LogP contribution in [-0.2, 0) is 4.74 Å². The van der Waals surface area contributed by atoms with E-state index in [9.17, 15) is 0 Å². The van der Waals surface area contributed by atoms with Crippen molar-refractivity contribution in [3.63, 3.8) is 0 Å². The van der Waals surface area contributed by atoms with E-state index in [2.05, 4.69) is 27.7 Å². The Labute approximate surface area is 132 Å². The van der Waals surface area contributed by atoms with Gasteiger partial charge in [-0.05, 0) is 92.8 Å². The largest absolute Gasteiger partial charge is 0.381 e. The Bertz CT molecular complexity index is 348. The fourth-order valence-electron chi connectivity index (χ4n) is 6.05. The van der Waals surface area contributed by atoms with Gasteiger partial charge in [-0.2, -0.15) is 0 Å². The van der Waals surface area contributed by atoms with Crippen molar-refractivity contribution in [2.45, 2.75) is 72.6 Å². The van der Waals surface area contributed by atoms with Crippen molar-refractivity contribution in [3.8, 4) is 0 Å². The van der Waals surface area contributed by atoms with Crippen LogP contribution >= 0.6 is 0 Å². The van der Waals surface area contributed by atoms with E-state index in [4.69, 9.17) is 4.74 Å². The van der Waals surface area contributed by atoms with Crippen molar-refractivity contribution < 1.29 is 4.74 Å². The SMILES string of the molecule is CCOCC1CCC2C(CCC3C2CCC(C)(C)C3C)C1. The molecule has 6 atom stereocenters. The summed E-state index contributed by atoms with van der Waals surface area (Å²) in [5, 5.41) is 0. The van der Waals surface area contributed by atoms with Crippen LogP contribution in [0.3, 0.4) is 0 Å². The second-order valence-electron chi connectivity index (χ2n) is 8.98. The maximum Gasteiger partial charge on any atom is 0.0494 e. The van der Waals surface area contributed by atoms with Crippen LogP contribution in [0.1, 0.15) is 72.6 Å². The highest BCUT2D eigenvalue weighted by molar-refractivity contribution is 4.98. The minimum atomic E-state index is 0.584. The van der Waals surface area contributed by atoms with Gasteiger partial charge < -0.3 is 4.74 Å². The highest BCUT2D eigenvalue weighted by Gasteiger charge is 2.49. The standard InChI is InChI=1S/C20H36O/c1-5-21-13-15-6-8-18-16(12-15)7-9-17-14(2)20(3,4)11-10-19(17)18/h14-19H,5-13H2,1-4H3. The second-order valence-corrected chi connectivity index (χ2v) is 8.98. The first-order valence-electron chi connectivity index (χ1n) is 9.60. The van der Waals surface area contributed by atoms with Gasteiger partial charge >= 0.3 is 0 Å². The van der Waals surface area contributed by atoms with E-state index < -0.39 is 0 Å². The Kier molecular flexibility index (Phi) is 4.69. The molecule has 0 aliphatic heterocycles. The van der Waals surface area contributed by atoms with Gasteiger partial charge in [-0.15, -0.1) is 0 Å². The zero-order valence-electron chi connectivity index (χ0n) is 14.7. The monoisotopic (exact) mass is 292 g/mol. The lowest BCUT2D eigenvalue weighted by atomic mass is 9.50. The summed E-state index contributed by atoms with van der Waals surface area (Å²) in [6, 6.07) is 0. The Morgan fingerprint density at radius 3 is 2.48 bits per heavy atom. The molecule has 21 heavy (non-hydrogen) atoms. The van der Waals surface area contributed by atoms with Crippen LogP contribution in [0.4, 0.5) is 0 Å². The van der Waals surface area contributed by atoms with E-state index in [1.54, 1.807) is 0 Å². The zero-order valence-corrected chi connectivity index (χ0v) is 14.7. The van der Waals surface area contributed by atoms with Crippen LogP contribution in [0.2, 0.25) is 0 Å². The lowest BCUT2D eigenvalue weighted by Crippen LogP contribution is -2.47. The quantitative estimate of drug-likeness (QED) is 0.664. The average Bonchev–Trinajstić information content (AvgIpc) is 2.48. The molecule has 0 aromatic carbocycles. The summed E-state index contributed by atoms with van der Waals surface area (Å²) in [7, 11) is 0. The van der Waals surface area contributed by atoms with Gasteiger partial charge in [0.25, 0.3) is 0 Å². The Hall–Kier alpha value is -0.0400. The summed E-state index contributed by atoms with van der Waals surface area (Å²) in [6.45, 7) is 11.6. The van der Waals surface area contributed by atoms with Gasteiger partial charge in [0.1, 0.15) is 0 Å². The predicted molar refractivity (Wildman–Crippen MR) is 89.2 cm³/mol. The fourth-order valence-corrected chi connectivity index (χ4v) is 6.05. The summed E-state index contributed by atoms with van der Waals surface area (Å²) < 4.78 is 5.70. The molecule has 122 valence electrons. The average molecular weight is 293 g/mol. The van der Waals surface area contributed by atoms with E-state index in [-0.39, 0.29) is 0 Å². The van der Waals surface area contributed by atoms with E-state index in [0.717, 1.165) is 48.7 Å². The lowest BCUT2D eigenvalue weighted by Gasteiger charge is -2.55. The van der Waals surface area contributed by atoms with E-state index in [1.165, 1.54) is 44.9 Å². The van der Waals surface area contributed by atoms with Crippen LogP contribution in [0.5, 0.6) is 0 Å². The van der Waals surface area contributed by atoms with Crippen LogP contribution < -0.4 is 0 Å². The topological polar surface area (TPSA) is 9.23 Å². The summed E-state index contributed by atoms with van der Waals surface area (Å²) in [5.74, 6) is 5.95. The molecular weight excluding hydrogens is 256 g/mol. The van der Waals surface area contributed by atoms with Crippen molar-refractivity contribution in [3.05, 3.63) is 0 Å². The smallest absolute Gasteiger partial charge is 0.0494 e. The third kappa shape index (κ3) is 3.05. The fraction of sp³-hybridized carbons (Fsp3) is 1.00. The zero-order chi connectivity index (χ0) is 15.0. The molecule has 0 amide bonds. The molecule has 3 fully saturated rings. The molecule has 0 aromatic rings. The van der Waals surface area contributed by atoms with Gasteiger partial charge in [0.2, 0.25) is 0 Å². The van der Waals surface area contributed by atoms with Crippen LogP contribution in [-0.4, -0.2) is 13.2 Å². The first kappa shape index (κ1) is 15.8. The molecule has 3 aliphatic rings. The van der Waals surface area contributed by atoms with Gasteiger partial charge in [0.05, 0.1) is 0 Å².